The average molecular weight is 696 g/mol. The lowest BCUT2D eigenvalue weighted by Crippen LogP contribution is -2.37. The van der Waals surface area contributed by atoms with E-state index in [2.05, 4.69) is 56.3 Å². The van der Waals surface area contributed by atoms with E-state index in [4.69, 9.17) is 33.9 Å². The third kappa shape index (κ3) is 4.99. The predicted molar refractivity (Wildman–Crippen MR) is 209 cm³/mol. The van der Waals surface area contributed by atoms with Crippen molar-refractivity contribution in [1.82, 2.24) is 15.0 Å². The van der Waals surface area contributed by atoms with Crippen LogP contribution >= 0.6 is 0 Å². The van der Waals surface area contributed by atoms with Crippen molar-refractivity contribution in [2.75, 3.05) is 21.3 Å². The lowest BCUT2D eigenvalue weighted by atomic mass is 9.77. The maximum Gasteiger partial charge on any atom is 0.212 e. The van der Waals surface area contributed by atoms with Gasteiger partial charge < -0.3 is 18.9 Å². The van der Waals surface area contributed by atoms with Gasteiger partial charge in [0.25, 0.3) is 0 Å². The normalized spacial score (nSPS) is 16.3. The van der Waals surface area contributed by atoms with Gasteiger partial charge in [0.15, 0.2) is 29.0 Å². The molecule has 0 saturated carbocycles. The Bertz CT molecular complexity index is 2510. The van der Waals surface area contributed by atoms with E-state index in [0.717, 1.165) is 38.8 Å². The number of aromatic nitrogens is 3. The van der Waals surface area contributed by atoms with Crippen LogP contribution < -0.4 is 18.9 Å². The number of rotatable bonds is 7. The fourth-order valence-electron chi connectivity index (χ4n) is 7.99. The molecule has 2 aliphatic rings. The van der Waals surface area contributed by atoms with Crippen molar-refractivity contribution < 1.29 is 18.9 Å². The highest BCUT2D eigenvalue weighted by molar-refractivity contribution is 6.09. The molecule has 1 aliphatic heterocycles. The van der Waals surface area contributed by atoms with Crippen molar-refractivity contribution >= 4 is 16.8 Å². The average Bonchev–Trinajstić information content (AvgIpc) is 3.47. The summed E-state index contributed by atoms with van der Waals surface area (Å²) in [5, 5.41) is 1.91. The summed E-state index contributed by atoms with van der Waals surface area (Å²) in [5.74, 6) is 4.25. The summed E-state index contributed by atoms with van der Waals surface area (Å²) in [6.45, 7) is 4.57. The van der Waals surface area contributed by atoms with Gasteiger partial charge in [0.1, 0.15) is 11.5 Å². The van der Waals surface area contributed by atoms with Gasteiger partial charge in [-0.15, -0.1) is 0 Å². The molecule has 0 amide bonds. The first-order chi connectivity index (χ1) is 25.9. The maximum absolute atomic E-state index is 7.57. The van der Waals surface area contributed by atoms with Gasteiger partial charge in [0.05, 0.1) is 21.3 Å². The van der Waals surface area contributed by atoms with Crippen molar-refractivity contribution in [3.8, 4) is 56.9 Å². The van der Waals surface area contributed by atoms with E-state index in [1.54, 1.807) is 21.3 Å². The Morgan fingerprint density at radius 3 is 1.79 bits per heavy atom. The molecule has 1 unspecified atom stereocenters. The summed E-state index contributed by atoms with van der Waals surface area (Å²) in [5.41, 5.74) is 6.82. The summed E-state index contributed by atoms with van der Waals surface area (Å²) in [6.07, 6.45) is 4.29. The molecule has 0 N–H and O–H groups in total. The zero-order valence-corrected chi connectivity index (χ0v) is 30.2. The molecule has 6 aromatic carbocycles. The first kappa shape index (κ1) is 32.4. The van der Waals surface area contributed by atoms with Gasteiger partial charge in [-0.2, -0.15) is 0 Å². The number of methoxy groups -OCH3 is 3. The fourth-order valence-corrected chi connectivity index (χ4v) is 7.99. The standard InChI is InChI=1S/C46H37N3O4/c1-45(2)36-19-13-12-18-32(36)39-34-26-37(51-4)38(52-5)27-35(34)41-33(40(39)45)24-25-46(53-41,30-20-22-31(50-3)23-21-30)44-48-42(28-14-8-6-9-15-28)47-43(49-44)29-16-10-7-11-17-29/h6-27H,1-5H3. The van der Waals surface area contributed by atoms with Crippen molar-refractivity contribution in [2.24, 2.45) is 0 Å². The zero-order valence-electron chi connectivity index (χ0n) is 30.2. The SMILES string of the molecule is COc1ccc(C2(c3nc(-c4ccccc4)nc(-c4ccccc4)n3)C=Cc3c4c(c5cc(OC)c(OC)cc5c3O2)-c2ccccc2C4(C)C)cc1. The number of benzene rings is 6. The van der Waals surface area contributed by atoms with Crippen molar-refractivity contribution in [3.63, 3.8) is 0 Å². The number of nitrogens with zero attached hydrogens (tertiary/aromatic N) is 3. The van der Waals surface area contributed by atoms with E-state index in [0.29, 0.717) is 34.7 Å². The summed E-state index contributed by atoms with van der Waals surface area (Å²) in [7, 11) is 4.99. The van der Waals surface area contributed by atoms with Gasteiger partial charge in [0.2, 0.25) is 5.60 Å². The molecule has 53 heavy (non-hydrogen) atoms. The molecule has 9 rings (SSSR count). The summed E-state index contributed by atoms with van der Waals surface area (Å²) in [4.78, 5) is 15.4. The van der Waals surface area contributed by atoms with Crippen LogP contribution in [0.3, 0.4) is 0 Å². The number of fused-ring (bicyclic) bond motifs is 8. The van der Waals surface area contributed by atoms with Crippen LogP contribution in [-0.2, 0) is 11.0 Å². The largest absolute Gasteiger partial charge is 0.497 e. The Labute approximate surface area is 308 Å². The van der Waals surface area contributed by atoms with Crippen LogP contribution in [0.25, 0.3) is 50.8 Å². The van der Waals surface area contributed by atoms with E-state index in [1.807, 2.05) is 91.0 Å². The molecule has 0 radical (unpaired) electrons. The molecule has 7 nitrogen and oxygen atoms in total. The monoisotopic (exact) mass is 695 g/mol. The molecular weight excluding hydrogens is 659 g/mol. The minimum absolute atomic E-state index is 0.320. The number of ether oxygens (including phenoxy) is 4. The quantitative estimate of drug-likeness (QED) is 0.164. The van der Waals surface area contributed by atoms with Gasteiger partial charge in [-0.1, -0.05) is 117 Å². The number of hydrogen-bond acceptors (Lipinski definition) is 7. The molecule has 7 heteroatoms. The van der Waals surface area contributed by atoms with Crippen LogP contribution in [0.1, 0.15) is 41.9 Å². The van der Waals surface area contributed by atoms with E-state index in [-0.39, 0.29) is 5.41 Å². The molecule has 2 heterocycles. The zero-order chi connectivity index (χ0) is 36.3. The molecule has 260 valence electrons. The molecule has 0 spiro atoms. The predicted octanol–water partition coefficient (Wildman–Crippen LogP) is 10.0. The van der Waals surface area contributed by atoms with Crippen LogP contribution in [0.5, 0.6) is 23.0 Å². The van der Waals surface area contributed by atoms with Crippen molar-refractivity contribution in [3.05, 3.63) is 155 Å². The highest BCUT2D eigenvalue weighted by Crippen LogP contribution is 2.59. The Balaban J connectivity index is 1.37. The highest BCUT2D eigenvalue weighted by Gasteiger charge is 2.46. The Morgan fingerprint density at radius 2 is 1.19 bits per heavy atom. The van der Waals surface area contributed by atoms with Crippen molar-refractivity contribution in [2.45, 2.75) is 24.9 Å². The van der Waals surface area contributed by atoms with Crippen LogP contribution in [0.15, 0.2) is 127 Å². The third-order valence-corrected chi connectivity index (χ3v) is 10.6. The lowest BCUT2D eigenvalue weighted by molar-refractivity contribution is 0.152. The number of hydrogen-bond donors (Lipinski definition) is 0. The van der Waals surface area contributed by atoms with Crippen LogP contribution in [0, 0.1) is 0 Å². The van der Waals surface area contributed by atoms with E-state index in [9.17, 15) is 0 Å². The first-order valence-corrected chi connectivity index (χ1v) is 17.6. The Hall–Kier alpha value is -6.47. The Morgan fingerprint density at radius 1 is 0.604 bits per heavy atom. The maximum atomic E-state index is 7.57. The molecule has 1 aromatic heterocycles. The minimum Gasteiger partial charge on any atom is -0.497 e. The molecule has 1 atom stereocenters. The fraction of sp³-hybridized carbons (Fsp3) is 0.152. The van der Waals surface area contributed by atoms with E-state index in [1.165, 1.54) is 22.3 Å². The smallest absolute Gasteiger partial charge is 0.212 e. The second-order valence-corrected chi connectivity index (χ2v) is 13.9. The van der Waals surface area contributed by atoms with Gasteiger partial charge in [-0.3, -0.25) is 0 Å². The third-order valence-electron chi connectivity index (χ3n) is 10.6. The lowest BCUT2D eigenvalue weighted by Gasteiger charge is -2.37. The highest BCUT2D eigenvalue weighted by atomic mass is 16.5. The van der Waals surface area contributed by atoms with Crippen LogP contribution in [-0.4, -0.2) is 36.3 Å². The van der Waals surface area contributed by atoms with Crippen molar-refractivity contribution in [1.29, 1.82) is 0 Å². The second-order valence-electron chi connectivity index (χ2n) is 13.9. The van der Waals surface area contributed by atoms with Gasteiger partial charge in [-0.05, 0) is 58.0 Å². The Kier molecular flexibility index (Phi) is 7.55. The minimum atomic E-state index is -1.26. The molecule has 0 bridgehead atoms. The van der Waals surface area contributed by atoms with Gasteiger partial charge in [0, 0.05) is 33.1 Å². The van der Waals surface area contributed by atoms with Crippen LogP contribution in [0.2, 0.25) is 0 Å². The summed E-state index contributed by atoms with van der Waals surface area (Å²) >= 11 is 0. The summed E-state index contributed by atoms with van der Waals surface area (Å²) < 4.78 is 24.9. The first-order valence-electron chi connectivity index (χ1n) is 17.6. The summed E-state index contributed by atoms with van der Waals surface area (Å²) in [6, 6.07) is 40.6. The van der Waals surface area contributed by atoms with Crippen LogP contribution in [0.4, 0.5) is 0 Å². The molecule has 0 fully saturated rings. The van der Waals surface area contributed by atoms with Gasteiger partial charge >= 0.3 is 0 Å². The molecule has 1 aliphatic carbocycles. The topological polar surface area (TPSA) is 75.6 Å². The van der Waals surface area contributed by atoms with E-state index < -0.39 is 5.60 Å². The molecule has 0 saturated heterocycles. The van der Waals surface area contributed by atoms with Gasteiger partial charge in [-0.25, -0.2) is 15.0 Å². The molecular formula is C46H37N3O4. The second kappa shape index (κ2) is 12.3. The molecule has 7 aromatic rings. The van der Waals surface area contributed by atoms with E-state index >= 15 is 0 Å².